The Hall–Kier alpha value is -3.55. The molecular weight excluding hydrogens is 386 g/mol. The quantitative estimate of drug-likeness (QED) is 0.461. The first-order valence-corrected chi connectivity index (χ1v) is 9.38. The van der Waals surface area contributed by atoms with Crippen molar-refractivity contribution in [3.63, 3.8) is 0 Å². The van der Waals surface area contributed by atoms with Gasteiger partial charge in [0.15, 0.2) is 11.5 Å². The van der Waals surface area contributed by atoms with Gasteiger partial charge >= 0.3 is 0 Å². The molecule has 2 N–H and O–H groups in total. The molecule has 2 aromatic carbocycles. The summed E-state index contributed by atoms with van der Waals surface area (Å²) in [5.41, 5.74) is 4.60. The highest BCUT2D eigenvalue weighted by atomic mass is 16.5. The summed E-state index contributed by atoms with van der Waals surface area (Å²) < 4.78 is 15.7. The largest absolute Gasteiger partial charge is 0.496 e. The Morgan fingerprint density at radius 2 is 1.60 bits per heavy atom. The van der Waals surface area contributed by atoms with Crippen LogP contribution in [0.5, 0.6) is 17.2 Å². The number of amides is 2. The summed E-state index contributed by atoms with van der Waals surface area (Å²) in [7, 11) is 4.67. The predicted molar refractivity (Wildman–Crippen MR) is 114 cm³/mol. The smallest absolute Gasteiger partial charge is 0.244 e. The molecular formula is C22H27N3O5. The van der Waals surface area contributed by atoms with Crippen LogP contribution >= 0.6 is 0 Å². The molecule has 0 aliphatic carbocycles. The van der Waals surface area contributed by atoms with Crippen molar-refractivity contribution in [3.8, 4) is 17.2 Å². The number of nitrogens with zero attached hydrogens (tertiary/aromatic N) is 1. The lowest BCUT2D eigenvalue weighted by atomic mass is 10.1. The van der Waals surface area contributed by atoms with Gasteiger partial charge < -0.3 is 19.5 Å². The standard InChI is InChI=1S/C22H27N3O5/c1-15(11-21(26)23-14-17-7-5-6-8-18(17)28-2)24-25-22(27)13-16-9-10-19(29-3)20(12-16)30-4/h5-10,12H,11,13-14H2,1-4H3,(H,23,26)(H,25,27)/b24-15-. The molecule has 0 fully saturated rings. The first-order chi connectivity index (χ1) is 14.5. The average molecular weight is 413 g/mol. The minimum Gasteiger partial charge on any atom is -0.496 e. The van der Waals surface area contributed by atoms with Crippen molar-refractivity contribution in [1.82, 2.24) is 10.7 Å². The van der Waals surface area contributed by atoms with Gasteiger partial charge in [0.1, 0.15) is 5.75 Å². The van der Waals surface area contributed by atoms with Gasteiger partial charge in [0.05, 0.1) is 34.2 Å². The van der Waals surface area contributed by atoms with Crippen molar-refractivity contribution in [3.05, 3.63) is 53.6 Å². The minimum absolute atomic E-state index is 0.0752. The molecule has 8 nitrogen and oxygen atoms in total. The van der Waals surface area contributed by atoms with Gasteiger partial charge in [-0.3, -0.25) is 9.59 Å². The van der Waals surface area contributed by atoms with Gasteiger partial charge in [0.25, 0.3) is 0 Å². The summed E-state index contributed by atoms with van der Waals surface area (Å²) in [5, 5.41) is 6.82. The fourth-order valence-corrected chi connectivity index (χ4v) is 2.75. The fourth-order valence-electron chi connectivity index (χ4n) is 2.75. The second-order valence-corrected chi connectivity index (χ2v) is 6.51. The highest BCUT2D eigenvalue weighted by Crippen LogP contribution is 2.27. The molecule has 2 amide bonds. The van der Waals surface area contributed by atoms with Crippen LogP contribution in [0, 0.1) is 0 Å². The molecule has 0 unspecified atom stereocenters. The molecule has 0 radical (unpaired) electrons. The highest BCUT2D eigenvalue weighted by Gasteiger charge is 2.09. The van der Waals surface area contributed by atoms with E-state index in [1.165, 1.54) is 7.11 Å². The lowest BCUT2D eigenvalue weighted by Gasteiger charge is -2.10. The number of hydrogen-bond acceptors (Lipinski definition) is 6. The number of ether oxygens (including phenoxy) is 3. The molecule has 0 heterocycles. The van der Waals surface area contributed by atoms with Gasteiger partial charge in [-0.15, -0.1) is 0 Å². The second-order valence-electron chi connectivity index (χ2n) is 6.51. The molecule has 0 spiro atoms. The Labute approximate surface area is 176 Å². The second kappa shape index (κ2) is 11.5. The van der Waals surface area contributed by atoms with E-state index in [4.69, 9.17) is 14.2 Å². The number of hydrazone groups is 1. The number of nitrogens with one attached hydrogen (secondary N) is 2. The zero-order chi connectivity index (χ0) is 21.9. The summed E-state index contributed by atoms with van der Waals surface area (Å²) in [6, 6.07) is 12.7. The van der Waals surface area contributed by atoms with Crippen LogP contribution in [-0.2, 0) is 22.6 Å². The van der Waals surface area contributed by atoms with E-state index in [9.17, 15) is 9.59 Å². The van der Waals surface area contributed by atoms with Crippen molar-refractivity contribution in [2.75, 3.05) is 21.3 Å². The average Bonchev–Trinajstić information content (AvgIpc) is 2.76. The fraction of sp³-hybridized carbons (Fsp3) is 0.318. The molecule has 0 saturated heterocycles. The number of benzene rings is 2. The zero-order valence-electron chi connectivity index (χ0n) is 17.7. The monoisotopic (exact) mass is 413 g/mol. The Morgan fingerprint density at radius 1 is 0.900 bits per heavy atom. The van der Waals surface area contributed by atoms with Crippen LogP contribution in [0.2, 0.25) is 0 Å². The van der Waals surface area contributed by atoms with Crippen LogP contribution in [0.4, 0.5) is 0 Å². The molecule has 160 valence electrons. The summed E-state index contributed by atoms with van der Waals surface area (Å²) in [5.74, 6) is 1.36. The topological polar surface area (TPSA) is 98.2 Å². The number of rotatable bonds is 10. The van der Waals surface area contributed by atoms with Gasteiger partial charge in [-0.2, -0.15) is 5.10 Å². The van der Waals surface area contributed by atoms with E-state index < -0.39 is 0 Å². The summed E-state index contributed by atoms with van der Waals surface area (Å²) in [6.07, 6.45) is 0.197. The molecule has 0 aliphatic rings. The Kier molecular flexibility index (Phi) is 8.68. The van der Waals surface area contributed by atoms with Crippen molar-refractivity contribution in [2.45, 2.75) is 26.3 Å². The van der Waals surface area contributed by atoms with Gasteiger partial charge in [-0.1, -0.05) is 24.3 Å². The van der Waals surface area contributed by atoms with E-state index in [2.05, 4.69) is 15.8 Å². The minimum atomic E-state index is -0.295. The van der Waals surface area contributed by atoms with Gasteiger partial charge in [-0.05, 0) is 30.7 Å². The van der Waals surface area contributed by atoms with Crippen LogP contribution in [0.15, 0.2) is 47.6 Å². The first kappa shape index (κ1) is 22.7. The molecule has 0 atom stereocenters. The molecule has 2 aromatic rings. The normalized spacial score (nSPS) is 10.9. The van der Waals surface area contributed by atoms with Crippen molar-refractivity contribution >= 4 is 17.5 Å². The molecule has 8 heteroatoms. The van der Waals surface area contributed by atoms with Crippen LogP contribution < -0.4 is 25.0 Å². The third-order valence-electron chi connectivity index (χ3n) is 4.27. The maximum Gasteiger partial charge on any atom is 0.244 e. The van der Waals surface area contributed by atoms with E-state index in [1.807, 2.05) is 24.3 Å². The molecule has 2 rings (SSSR count). The zero-order valence-corrected chi connectivity index (χ0v) is 17.7. The van der Waals surface area contributed by atoms with Crippen molar-refractivity contribution in [1.29, 1.82) is 0 Å². The lowest BCUT2D eigenvalue weighted by Crippen LogP contribution is -2.26. The van der Waals surface area contributed by atoms with E-state index in [0.717, 1.165) is 11.1 Å². The predicted octanol–water partition coefficient (Wildman–Crippen LogP) is 2.45. The maximum atomic E-state index is 12.1. The summed E-state index contributed by atoms with van der Waals surface area (Å²) >= 11 is 0. The van der Waals surface area contributed by atoms with E-state index in [-0.39, 0.29) is 24.7 Å². The number of para-hydroxylation sites is 1. The maximum absolute atomic E-state index is 12.1. The third kappa shape index (κ3) is 6.80. The summed E-state index contributed by atoms with van der Waals surface area (Å²) in [4.78, 5) is 24.3. The Bertz CT molecular complexity index is 911. The number of hydrogen-bond donors (Lipinski definition) is 2. The summed E-state index contributed by atoms with van der Waals surface area (Å²) in [6.45, 7) is 2.03. The molecule has 30 heavy (non-hydrogen) atoms. The van der Waals surface area contributed by atoms with Crippen molar-refractivity contribution in [2.24, 2.45) is 5.10 Å². The van der Waals surface area contributed by atoms with E-state index in [0.29, 0.717) is 29.5 Å². The highest BCUT2D eigenvalue weighted by molar-refractivity contribution is 6.00. The van der Waals surface area contributed by atoms with E-state index >= 15 is 0 Å². The molecule has 0 aliphatic heterocycles. The van der Waals surface area contributed by atoms with Crippen molar-refractivity contribution < 1.29 is 23.8 Å². The van der Waals surface area contributed by atoms with Crippen LogP contribution in [0.25, 0.3) is 0 Å². The van der Waals surface area contributed by atoms with Gasteiger partial charge in [-0.25, -0.2) is 5.43 Å². The Balaban J connectivity index is 1.82. The SMILES string of the molecule is COc1ccccc1CNC(=O)C/C(C)=N\NC(=O)Cc1ccc(OC)c(OC)c1. The molecule has 0 aromatic heterocycles. The molecule has 0 bridgehead atoms. The third-order valence-corrected chi connectivity index (χ3v) is 4.27. The van der Waals surface area contributed by atoms with Crippen LogP contribution in [0.1, 0.15) is 24.5 Å². The van der Waals surface area contributed by atoms with Gasteiger partial charge in [0, 0.05) is 17.8 Å². The number of methoxy groups -OCH3 is 3. The number of carbonyl (C=O) groups is 2. The van der Waals surface area contributed by atoms with Crippen LogP contribution in [-0.4, -0.2) is 38.9 Å². The van der Waals surface area contributed by atoms with E-state index in [1.54, 1.807) is 39.3 Å². The number of carbonyl (C=O) groups excluding carboxylic acids is 2. The van der Waals surface area contributed by atoms with Gasteiger partial charge in [0.2, 0.25) is 11.8 Å². The Morgan fingerprint density at radius 3 is 2.30 bits per heavy atom. The molecule has 0 saturated carbocycles. The van der Waals surface area contributed by atoms with Crippen LogP contribution in [0.3, 0.4) is 0 Å². The lowest BCUT2D eigenvalue weighted by molar-refractivity contribution is -0.121. The first-order valence-electron chi connectivity index (χ1n) is 9.38.